The van der Waals surface area contributed by atoms with Gasteiger partial charge in [0.2, 0.25) is 5.91 Å². The van der Waals surface area contributed by atoms with Crippen LogP contribution >= 0.6 is 22.9 Å². The monoisotopic (exact) mass is 393 g/mol. The van der Waals surface area contributed by atoms with E-state index in [0.717, 1.165) is 0 Å². The summed E-state index contributed by atoms with van der Waals surface area (Å²) in [5, 5.41) is 4.99. The van der Waals surface area contributed by atoms with Gasteiger partial charge in [-0.25, -0.2) is 13.4 Å². The fourth-order valence-corrected chi connectivity index (χ4v) is 4.00. The second-order valence-corrected chi connectivity index (χ2v) is 8.30. The first-order chi connectivity index (χ1) is 11.9. The maximum atomic E-state index is 12.2. The lowest BCUT2D eigenvalue weighted by Crippen LogP contribution is -2.22. The summed E-state index contributed by atoms with van der Waals surface area (Å²) in [5.41, 5.74) is 1.29. The number of hydrogen-bond donors (Lipinski definition) is 1. The van der Waals surface area contributed by atoms with E-state index in [9.17, 15) is 13.2 Å². The van der Waals surface area contributed by atoms with E-state index in [1.807, 2.05) is 6.07 Å². The molecule has 0 atom stereocenters. The molecule has 3 rings (SSSR count). The van der Waals surface area contributed by atoms with Crippen molar-refractivity contribution in [1.29, 1.82) is 0 Å². The largest absolute Gasteiger partial charge is 0.301 e. The molecule has 9 heteroatoms. The van der Waals surface area contributed by atoms with Crippen LogP contribution in [0.25, 0.3) is 11.4 Å². The lowest BCUT2D eigenvalue weighted by Gasteiger charge is -2.04. The van der Waals surface area contributed by atoms with Crippen LogP contribution < -0.4 is 5.32 Å². The molecule has 2 aromatic heterocycles. The van der Waals surface area contributed by atoms with Gasteiger partial charge in [-0.1, -0.05) is 17.7 Å². The van der Waals surface area contributed by atoms with E-state index < -0.39 is 21.5 Å². The van der Waals surface area contributed by atoms with Crippen LogP contribution in [0.4, 0.5) is 5.13 Å². The molecule has 25 heavy (non-hydrogen) atoms. The molecule has 0 saturated heterocycles. The highest BCUT2D eigenvalue weighted by atomic mass is 35.5. The molecule has 3 aromatic rings. The number of halogens is 1. The standard InChI is InChI=1S/C16H12ClN3O3S2/c17-11-4-6-12(7-5-11)25(22,23)10-15(21)20-16-19-14(9-24-16)13-3-1-2-8-18-13/h1-9H,10H2,(H,19,20,21). The fraction of sp³-hybridized carbons (Fsp3) is 0.0625. The quantitative estimate of drug-likeness (QED) is 0.718. The van der Waals surface area contributed by atoms with Gasteiger partial charge in [0.05, 0.1) is 10.6 Å². The van der Waals surface area contributed by atoms with Crippen LogP contribution in [0.15, 0.2) is 58.9 Å². The third-order valence-electron chi connectivity index (χ3n) is 3.17. The molecule has 0 aliphatic rings. The zero-order valence-electron chi connectivity index (χ0n) is 12.7. The van der Waals surface area contributed by atoms with Crippen LogP contribution in [-0.2, 0) is 14.6 Å². The zero-order chi connectivity index (χ0) is 17.9. The molecular formula is C16H12ClN3O3S2. The Morgan fingerprint density at radius 3 is 2.56 bits per heavy atom. The summed E-state index contributed by atoms with van der Waals surface area (Å²) in [5.74, 6) is -1.33. The Balaban J connectivity index is 1.69. The van der Waals surface area contributed by atoms with Crippen molar-refractivity contribution in [3.63, 3.8) is 0 Å². The second-order valence-electron chi connectivity index (χ2n) is 5.01. The third-order valence-corrected chi connectivity index (χ3v) is 5.81. The summed E-state index contributed by atoms with van der Waals surface area (Å²) in [4.78, 5) is 20.5. The van der Waals surface area contributed by atoms with Gasteiger partial charge in [0.25, 0.3) is 0 Å². The molecule has 0 fully saturated rings. The third kappa shape index (κ3) is 4.41. The maximum absolute atomic E-state index is 12.2. The minimum absolute atomic E-state index is 0.0420. The summed E-state index contributed by atoms with van der Waals surface area (Å²) in [6.07, 6.45) is 1.64. The Kier molecular flexibility index (Phi) is 5.12. The van der Waals surface area contributed by atoms with Crippen LogP contribution in [0.5, 0.6) is 0 Å². The number of sulfone groups is 1. The number of rotatable bonds is 5. The number of hydrogen-bond acceptors (Lipinski definition) is 6. The average Bonchev–Trinajstić information content (AvgIpc) is 3.04. The normalized spacial score (nSPS) is 11.2. The Hall–Kier alpha value is -2.29. The number of carbonyl (C=O) groups excluding carboxylic acids is 1. The van der Waals surface area contributed by atoms with Gasteiger partial charge in [-0.05, 0) is 36.4 Å². The van der Waals surface area contributed by atoms with Crippen molar-refractivity contribution in [2.45, 2.75) is 4.90 Å². The van der Waals surface area contributed by atoms with Crippen molar-refractivity contribution in [2.75, 3.05) is 11.1 Å². The molecule has 0 saturated carbocycles. The van der Waals surface area contributed by atoms with Gasteiger partial charge in [0.15, 0.2) is 15.0 Å². The number of thiazole rings is 1. The summed E-state index contributed by atoms with van der Waals surface area (Å²) >= 11 is 6.94. The molecule has 1 amide bonds. The molecule has 1 N–H and O–H groups in total. The number of pyridine rings is 1. The van der Waals surface area contributed by atoms with Crippen molar-refractivity contribution in [3.05, 3.63) is 59.1 Å². The SMILES string of the molecule is O=C(CS(=O)(=O)c1ccc(Cl)cc1)Nc1nc(-c2ccccn2)cs1. The molecule has 0 bridgehead atoms. The molecule has 0 unspecified atom stereocenters. The number of nitrogens with zero attached hydrogens (tertiary/aromatic N) is 2. The number of anilines is 1. The second kappa shape index (κ2) is 7.30. The molecule has 1 aromatic carbocycles. The van der Waals surface area contributed by atoms with Crippen molar-refractivity contribution in [1.82, 2.24) is 9.97 Å². The van der Waals surface area contributed by atoms with Crippen LogP contribution in [0.2, 0.25) is 5.02 Å². The summed E-state index contributed by atoms with van der Waals surface area (Å²) in [6, 6.07) is 11.1. The molecular weight excluding hydrogens is 382 g/mol. The van der Waals surface area contributed by atoms with Crippen molar-refractivity contribution in [2.24, 2.45) is 0 Å². The lowest BCUT2D eigenvalue weighted by molar-refractivity contribution is -0.113. The van der Waals surface area contributed by atoms with E-state index in [-0.39, 0.29) is 4.90 Å². The number of benzene rings is 1. The Morgan fingerprint density at radius 1 is 1.12 bits per heavy atom. The summed E-state index contributed by atoms with van der Waals surface area (Å²) in [6.45, 7) is 0. The maximum Gasteiger partial charge on any atom is 0.241 e. The minimum atomic E-state index is -3.75. The van der Waals surface area contributed by atoms with Gasteiger partial charge in [0.1, 0.15) is 11.4 Å². The molecule has 0 aliphatic carbocycles. The fourth-order valence-electron chi connectivity index (χ4n) is 2.02. The average molecular weight is 394 g/mol. The van der Waals surface area contributed by atoms with E-state index in [2.05, 4.69) is 15.3 Å². The minimum Gasteiger partial charge on any atom is -0.301 e. The lowest BCUT2D eigenvalue weighted by atomic mass is 10.3. The van der Waals surface area contributed by atoms with Crippen LogP contribution in [0, 0.1) is 0 Å². The molecule has 2 heterocycles. The van der Waals surface area contributed by atoms with E-state index in [1.165, 1.54) is 35.6 Å². The topological polar surface area (TPSA) is 89.0 Å². The van der Waals surface area contributed by atoms with Gasteiger partial charge in [0, 0.05) is 16.6 Å². The summed E-state index contributed by atoms with van der Waals surface area (Å²) < 4.78 is 24.5. The number of nitrogens with one attached hydrogen (secondary N) is 1. The predicted molar refractivity (Wildman–Crippen MR) is 97.5 cm³/mol. The van der Waals surface area contributed by atoms with E-state index in [4.69, 9.17) is 11.6 Å². The zero-order valence-corrected chi connectivity index (χ0v) is 15.1. The first-order valence-corrected chi connectivity index (χ1v) is 10.0. The predicted octanol–water partition coefficient (Wildman–Crippen LogP) is 3.27. The first kappa shape index (κ1) is 17.5. The van der Waals surface area contributed by atoms with Gasteiger partial charge in [-0.3, -0.25) is 9.78 Å². The molecule has 0 radical (unpaired) electrons. The molecule has 0 spiro atoms. The summed E-state index contributed by atoms with van der Waals surface area (Å²) in [7, 11) is -3.75. The van der Waals surface area contributed by atoms with Crippen molar-refractivity contribution in [3.8, 4) is 11.4 Å². The number of carbonyl (C=O) groups is 1. The van der Waals surface area contributed by atoms with Gasteiger partial charge in [-0.15, -0.1) is 11.3 Å². The van der Waals surface area contributed by atoms with E-state index in [0.29, 0.717) is 21.5 Å². The highest BCUT2D eigenvalue weighted by molar-refractivity contribution is 7.92. The Bertz CT molecular complexity index is 987. The molecule has 128 valence electrons. The number of amides is 1. The first-order valence-electron chi connectivity index (χ1n) is 7.09. The Labute approximate surface area is 153 Å². The van der Waals surface area contributed by atoms with Crippen molar-refractivity contribution < 1.29 is 13.2 Å². The number of aromatic nitrogens is 2. The van der Waals surface area contributed by atoms with Gasteiger partial charge in [-0.2, -0.15) is 0 Å². The van der Waals surface area contributed by atoms with E-state index >= 15 is 0 Å². The van der Waals surface area contributed by atoms with Gasteiger partial charge < -0.3 is 5.32 Å². The Morgan fingerprint density at radius 2 is 1.88 bits per heavy atom. The van der Waals surface area contributed by atoms with Crippen LogP contribution in [0.1, 0.15) is 0 Å². The van der Waals surface area contributed by atoms with Gasteiger partial charge >= 0.3 is 0 Å². The molecule has 6 nitrogen and oxygen atoms in total. The van der Waals surface area contributed by atoms with Crippen LogP contribution in [-0.4, -0.2) is 30.0 Å². The highest BCUT2D eigenvalue weighted by Gasteiger charge is 2.20. The van der Waals surface area contributed by atoms with Crippen molar-refractivity contribution >= 4 is 43.8 Å². The van der Waals surface area contributed by atoms with E-state index in [1.54, 1.807) is 23.7 Å². The molecule has 0 aliphatic heterocycles. The highest BCUT2D eigenvalue weighted by Crippen LogP contribution is 2.23. The smallest absolute Gasteiger partial charge is 0.241 e. The van der Waals surface area contributed by atoms with Crippen LogP contribution in [0.3, 0.4) is 0 Å².